The molecule has 1 N–H and O–H groups in total. The summed E-state index contributed by atoms with van der Waals surface area (Å²) in [6.45, 7) is 4.51. The van der Waals surface area contributed by atoms with Gasteiger partial charge in [0.1, 0.15) is 0 Å². The minimum atomic E-state index is 0.436. The molecule has 1 unspecified atom stereocenters. The fourth-order valence-electron chi connectivity index (χ4n) is 2.76. The SMILES string of the molecule is Cc1cc(N(C)C)ccc1NC1C[C@H](C)Sc2sccc21. The lowest BCUT2D eigenvalue weighted by Crippen LogP contribution is -2.19. The summed E-state index contributed by atoms with van der Waals surface area (Å²) in [7, 11) is 4.17. The van der Waals surface area contributed by atoms with E-state index in [2.05, 4.69) is 67.8 Å². The van der Waals surface area contributed by atoms with Crippen molar-refractivity contribution < 1.29 is 0 Å². The number of hydrogen-bond acceptors (Lipinski definition) is 4. The number of hydrogen-bond donors (Lipinski definition) is 1. The number of anilines is 2. The summed E-state index contributed by atoms with van der Waals surface area (Å²) in [6.07, 6.45) is 1.18. The van der Waals surface area contributed by atoms with E-state index in [1.165, 1.54) is 33.1 Å². The molecule has 0 bridgehead atoms. The molecule has 0 amide bonds. The molecule has 3 rings (SSSR count). The lowest BCUT2D eigenvalue weighted by molar-refractivity contribution is 0.669. The van der Waals surface area contributed by atoms with Gasteiger partial charge in [0.25, 0.3) is 0 Å². The highest BCUT2D eigenvalue weighted by atomic mass is 32.2. The molecule has 1 aliphatic heterocycles. The van der Waals surface area contributed by atoms with E-state index in [1.54, 1.807) is 0 Å². The maximum Gasteiger partial charge on any atom is 0.0653 e. The molecule has 0 saturated carbocycles. The van der Waals surface area contributed by atoms with Crippen LogP contribution in [0.25, 0.3) is 0 Å². The highest BCUT2D eigenvalue weighted by Gasteiger charge is 2.26. The Labute approximate surface area is 135 Å². The quantitative estimate of drug-likeness (QED) is 0.841. The third kappa shape index (κ3) is 3.06. The van der Waals surface area contributed by atoms with Crippen LogP contribution in [-0.4, -0.2) is 19.3 Å². The Morgan fingerprint density at radius 1 is 1.24 bits per heavy atom. The molecule has 0 spiro atoms. The molecular formula is C17H22N2S2. The normalized spacial score (nSPS) is 21.0. The molecule has 1 aliphatic rings. The van der Waals surface area contributed by atoms with Crippen LogP contribution in [0.3, 0.4) is 0 Å². The van der Waals surface area contributed by atoms with Crippen LogP contribution in [0.4, 0.5) is 11.4 Å². The van der Waals surface area contributed by atoms with E-state index in [4.69, 9.17) is 0 Å². The number of thioether (sulfide) groups is 1. The highest BCUT2D eigenvalue weighted by Crippen LogP contribution is 2.45. The molecule has 2 heterocycles. The van der Waals surface area contributed by atoms with Crippen LogP contribution in [-0.2, 0) is 0 Å². The second-order valence-electron chi connectivity index (χ2n) is 5.92. The van der Waals surface area contributed by atoms with Gasteiger partial charge in [-0.05, 0) is 54.1 Å². The molecular weight excluding hydrogens is 296 g/mol. The van der Waals surface area contributed by atoms with Crippen molar-refractivity contribution >= 4 is 34.5 Å². The number of aryl methyl sites for hydroxylation is 1. The number of rotatable bonds is 3. The number of benzene rings is 1. The van der Waals surface area contributed by atoms with Gasteiger partial charge in [0.15, 0.2) is 0 Å². The van der Waals surface area contributed by atoms with E-state index in [-0.39, 0.29) is 0 Å². The minimum Gasteiger partial charge on any atom is -0.378 e. The molecule has 0 radical (unpaired) electrons. The third-order valence-electron chi connectivity index (χ3n) is 3.97. The van der Waals surface area contributed by atoms with Crippen LogP contribution < -0.4 is 10.2 Å². The maximum absolute atomic E-state index is 3.76. The highest BCUT2D eigenvalue weighted by molar-refractivity contribution is 8.01. The fraction of sp³-hybridized carbons (Fsp3) is 0.412. The summed E-state index contributed by atoms with van der Waals surface area (Å²) in [4.78, 5) is 2.15. The van der Waals surface area contributed by atoms with Gasteiger partial charge < -0.3 is 10.2 Å². The predicted molar refractivity (Wildman–Crippen MR) is 96.1 cm³/mol. The van der Waals surface area contributed by atoms with Gasteiger partial charge in [-0.3, -0.25) is 0 Å². The Kier molecular flexibility index (Phi) is 4.18. The molecule has 0 aliphatic carbocycles. The summed E-state index contributed by atoms with van der Waals surface area (Å²) >= 11 is 3.89. The zero-order chi connectivity index (χ0) is 15.0. The van der Waals surface area contributed by atoms with E-state index in [1.807, 2.05) is 23.1 Å². The Bertz CT molecular complexity index is 633. The lowest BCUT2D eigenvalue weighted by Gasteiger charge is -2.29. The first-order chi connectivity index (χ1) is 10.0. The van der Waals surface area contributed by atoms with Crippen molar-refractivity contribution in [1.29, 1.82) is 0 Å². The van der Waals surface area contributed by atoms with Crippen LogP contribution in [0.1, 0.15) is 30.5 Å². The van der Waals surface area contributed by atoms with Gasteiger partial charge in [-0.1, -0.05) is 6.92 Å². The first-order valence-corrected chi connectivity index (χ1v) is 9.09. The van der Waals surface area contributed by atoms with E-state index in [0.29, 0.717) is 11.3 Å². The first kappa shape index (κ1) is 14.8. The molecule has 2 aromatic rings. The van der Waals surface area contributed by atoms with Crippen molar-refractivity contribution in [3.63, 3.8) is 0 Å². The standard InChI is InChI=1S/C17H22N2S2/c1-11-9-13(19(3)4)5-6-15(11)18-16-10-12(2)21-17-14(16)7-8-20-17/h5-9,12,16,18H,10H2,1-4H3/t12-,16?/m0/s1. The van der Waals surface area contributed by atoms with Gasteiger partial charge in [-0.25, -0.2) is 0 Å². The topological polar surface area (TPSA) is 15.3 Å². The number of thiophene rings is 1. The summed E-state index contributed by atoms with van der Waals surface area (Å²) in [5, 5.41) is 6.65. The molecule has 21 heavy (non-hydrogen) atoms. The van der Waals surface area contributed by atoms with Crippen LogP contribution >= 0.6 is 23.1 Å². The Balaban J connectivity index is 1.85. The lowest BCUT2D eigenvalue weighted by atomic mass is 10.0. The number of fused-ring (bicyclic) bond motifs is 1. The summed E-state index contributed by atoms with van der Waals surface area (Å²) in [6, 6.07) is 9.36. The van der Waals surface area contributed by atoms with E-state index in [0.717, 1.165) is 0 Å². The summed E-state index contributed by atoms with van der Waals surface area (Å²) < 4.78 is 1.48. The summed E-state index contributed by atoms with van der Waals surface area (Å²) in [5.74, 6) is 0. The predicted octanol–water partition coefficient (Wildman–Crippen LogP) is 5.16. The molecule has 2 atom stereocenters. The third-order valence-corrected chi connectivity index (χ3v) is 6.31. The van der Waals surface area contributed by atoms with Crippen molar-refractivity contribution in [3.05, 3.63) is 40.8 Å². The van der Waals surface area contributed by atoms with Crippen LogP contribution in [0.5, 0.6) is 0 Å². The summed E-state index contributed by atoms with van der Waals surface area (Å²) in [5.41, 5.74) is 5.28. The molecule has 112 valence electrons. The first-order valence-electron chi connectivity index (χ1n) is 7.33. The van der Waals surface area contributed by atoms with E-state index < -0.39 is 0 Å². The van der Waals surface area contributed by atoms with Crippen molar-refractivity contribution in [2.75, 3.05) is 24.3 Å². The number of nitrogens with zero attached hydrogens (tertiary/aromatic N) is 1. The zero-order valence-electron chi connectivity index (χ0n) is 13.0. The van der Waals surface area contributed by atoms with Crippen LogP contribution in [0.2, 0.25) is 0 Å². The van der Waals surface area contributed by atoms with E-state index >= 15 is 0 Å². The zero-order valence-corrected chi connectivity index (χ0v) is 14.6. The minimum absolute atomic E-state index is 0.436. The van der Waals surface area contributed by atoms with Gasteiger partial charge in [-0.15, -0.1) is 23.1 Å². The van der Waals surface area contributed by atoms with Crippen molar-refractivity contribution in [2.45, 2.75) is 35.8 Å². The second-order valence-corrected chi connectivity index (χ2v) is 8.54. The van der Waals surface area contributed by atoms with Crippen LogP contribution in [0.15, 0.2) is 33.9 Å². The molecule has 2 nitrogen and oxygen atoms in total. The van der Waals surface area contributed by atoms with Gasteiger partial charge >= 0.3 is 0 Å². The van der Waals surface area contributed by atoms with Gasteiger partial charge in [0, 0.05) is 30.7 Å². The molecule has 0 fully saturated rings. The molecule has 0 saturated heterocycles. The second kappa shape index (κ2) is 5.93. The van der Waals surface area contributed by atoms with Crippen LogP contribution in [0, 0.1) is 6.92 Å². The Morgan fingerprint density at radius 3 is 2.76 bits per heavy atom. The number of nitrogens with one attached hydrogen (secondary N) is 1. The Hall–Kier alpha value is -1.13. The molecule has 1 aromatic carbocycles. The molecule has 4 heteroatoms. The van der Waals surface area contributed by atoms with Crippen molar-refractivity contribution in [2.24, 2.45) is 0 Å². The van der Waals surface area contributed by atoms with Crippen molar-refractivity contribution in [1.82, 2.24) is 0 Å². The average Bonchev–Trinajstić information content (AvgIpc) is 2.88. The molecule has 1 aromatic heterocycles. The van der Waals surface area contributed by atoms with Gasteiger partial charge in [0.2, 0.25) is 0 Å². The maximum atomic E-state index is 3.76. The van der Waals surface area contributed by atoms with Gasteiger partial charge in [0.05, 0.1) is 10.3 Å². The largest absolute Gasteiger partial charge is 0.378 e. The average molecular weight is 319 g/mol. The smallest absolute Gasteiger partial charge is 0.0653 e. The fourth-order valence-corrected chi connectivity index (χ4v) is 5.33. The van der Waals surface area contributed by atoms with E-state index in [9.17, 15) is 0 Å². The Morgan fingerprint density at radius 2 is 2.05 bits per heavy atom. The van der Waals surface area contributed by atoms with Gasteiger partial charge in [-0.2, -0.15) is 0 Å². The monoisotopic (exact) mass is 318 g/mol. The van der Waals surface area contributed by atoms with Crippen molar-refractivity contribution in [3.8, 4) is 0 Å².